The van der Waals surface area contributed by atoms with Crippen molar-refractivity contribution in [2.24, 2.45) is 11.8 Å². The van der Waals surface area contributed by atoms with Crippen molar-refractivity contribution in [2.75, 3.05) is 11.4 Å². The Morgan fingerprint density at radius 1 is 1.33 bits per heavy atom. The van der Waals surface area contributed by atoms with Gasteiger partial charge in [0.25, 0.3) is 0 Å². The molecule has 1 aliphatic rings. The van der Waals surface area contributed by atoms with Gasteiger partial charge >= 0.3 is 0 Å². The predicted octanol–water partition coefficient (Wildman–Crippen LogP) is 5.06. The number of anilines is 1. The second kappa shape index (κ2) is 5.83. The fourth-order valence-corrected chi connectivity index (χ4v) is 3.72. The van der Waals surface area contributed by atoms with Crippen molar-refractivity contribution in [2.45, 2.75) is 39.1 Å². The number of piperidine rings is 1. The van der Waals surface area contributed by atoms with Gasteiger partial charge in [-0.05, 0) is 58.8 Å². The van der Waals surface area contributed by atoms with E-state index in [2.05, 4.69) is 59.8 Å². The molecule has 3 atom stereocenters. The first-order chi connectivity index (χ1) is 8.52. The number of alkyl halides is 1. The summed E-state index contributed by atoms with van der Waals surface area (Å²) in [7, 11) is 0. The van der Waals surface area contributed by atoms with E-state index in [0.717, 1.165) is 28.4 Å². The molecular formula is C15H21BrClN. The van der Waals surface area contributed by atoms with Crippen LogP contribution in [0.5, 0.6) is 0 Å². The summed E-state index contributed by atoms with van der Waals surface area (Å²) >= 11 is 9.57. The van der Waals surface area contributed by atoms with E-state index in [1.54, 1.807) is 0 Å². The molecule has 3 unspecified atom stereocenters. The fourth-order valence-electron chi connectivity index (χ4n) is 2.90. The topological polar surface area (TPSA) is 3.24 Å². The summed E-state index contributed by atoms with van der Waals surface area (Å²) in [4.78, 5) is 2.53. The molecule has 1 nitrogen and oxygen atoms in total. The van der Waals surface area contributed by atoms with E-state index in [1.807, 2.05) is 0 Å². The van der Waals surface area contributed by atoms with Crippen LogP contribution in [0, 0.1) is 11.8 Å². The van der Waals surface area contributed by atoms with Crippen LogP contribution in [0.25, 0.3) is 0 Å². The Bertz CT molecular complexity index is 421. The van der Waals surface area contributed by atoms with E-state index in [1.165, 1.54) is 12.1 Å². The van der Waals surface area contributed by atoms with Crippen molar-refractivity contribution in [3.63, 3.8) is 0 Å². The van der Waals surface area contributed by atoms with Crippen molar-refractivity contribution in [3.8, 4) is 0 Å². The molecular weight excluding hydrogens is 310 g/mol. The second-order valence-corrected chi connectivity index (χ2v) is 6.75. The molecule has 0 bridgehead atoms. The van der Waals surface area contributed by atoms with Crippen LogP contribution < -0.4 is 4.90 Å². The van der Waals surface area contributed by atoms with Crippen LogP contribution in [0.3, 0.4) is 0 Å². The first-order valence-corrected chi connectivity index (χ1v) is 7.96. The summed E-state index contributed by atoms with van der Waals surface area (Å²) in [5.74, 6) is 2.07. The van der Waals surface area contributed by atoms with Gasteiger partial charge in [0.15, 0.2) is 0 Å². The van der Waals surface area contributed by atoms with Gasteiger partial charge in [-0.25, -0.2) is 0 Å². The maximum atomic E-state index is 5.88. The lowest BCUT2D eigenvalue weighted by Gasteiger charge is -2.43. The second-order valence-electron chi connectivity index (χ2n) is 5.63. The van der Waals surface area contributed by atoms with Crippen LogP contribution in [0.15, 0.2) is 22.7 Å². The van der Waals surface area contributed by atoms with Crippen molar-refractivity contribution in [3.05, 3.63) is 28.2 Å². The number of hydrogen-bond donors (Lipinski definition) is 0. The van der Waals surface area contributed by atoms with Gasteiger partial charge < -0.3 is 4.90 Å². The molecule has 0 amide bonds. The quantitative estimate of drug-likeness (QED) is 0.685. The third-order valence-corrected chi connectivity index (χ3v) is 5.02. The third kappa shape index (κ3) is 2.85. The largest absolute Gasteiger partial charge is 0.367 e. The third-order valence-electron chi connectivity index (χ3n) is 4.07. The van der Waals surface area contributed by atoms with Crippen LogP contribution in [-0.2, 0) is 5.88 Å². The molecule has 1 aromatic rings. The van der Waals surface area contributed by atoms with Crippen molar-refractivity contribution < 1.29 is 0 Å². The summed E-state index contributed by atoms with van der Waals surface area (Å²) in [6, 6.07) is 7.06. The van der Waals surface area contributed by atoms with E-state index < -0.39 is 0 Å². The van der Waals surface area contributed by atoms with Gasteiger partial charge in [0, 0.05) is 22.9 Å². The average molecular weight is 331 g/mol. The number of rotatable bonds is 2. The average Bonchev–Trinajstić information content (AvgIpc) is 2.34. The molecule has 0 spiro atoms. The molecule has 1 aliphatic heterocycles. The van der Waals surface area contributed by atoms with Crippen molar-refractivity contribution >= 4 is 33.2 Å². The summed E-state index contributed by atoms with van der Waals surface area (Å²) in [6.07, 6.45) is 1.33. The molecule has 0 radical (unpaired) electrons. The van der Waals surface area contributed by atoms with Gasteiger partial charge in [0.1, 0.15) is 0 Å². The molecule has 0 saturated carbocycles. The maximum absolute atomic E-state index is 5.88. The van der Waals surface area contributed by atoms with Gasteiger partial charge in [-0.1, -0.05) is 19.9 Å². The summed E-state index contributed by atoms with van der Waals surface area (Å²) < 4.78 is 1.16. The lowest BCUT2D eigenvalue weighted by molar-refractivity contribution is 0.297. The van der Waals surface area contributed by atoms with E-state index in [0.29, 0.717) is 11.9 Å². The minimum absolute atomic E-state index is 0.571. The molecule has 3 heteroatoms. The Hall–Kier alpha value is -0.210. The highest BCUT2D eigenvalue weighted by molar-refractivity contribution is 9.10. The molecule has 1 saturated heterocycles. The molecule has 1 fully saturated rings. The first-order valence-electron chi connectivity index (χ1n) is 6.64. The van der Waals surface area contributed by atoms with Gasteiger partial charge in [0.05, 0.1) is 5.69 Å². The Morgan fingerprint density at radius 2 is 2.06 bits per heavy atom. The van der Waals surface area contributed by atoms with E-state index in [9.17, 15) is 0 Å². The zero-order chi connectivity index (χ0) is 13.3. The minimum atomic E-state index is 0.571. The molecule has 0 aromatic heterocycles. The van der Waals surface area contributed by atoms with Crippen LogP contribution in [-0.4, -0.2) is 12.6 Å². The molecule has 1 aromatic carbocycles. The van der Waals surface area contributed by atoms with Gasteiger partial charge in [0.2, 0.25) is 0 Å². The Kier molecular flexibility index (Phi) is 4.60. The lowest BCUT2D eigenvalue weighted by Crippen LogP contribution is -2.46. The molecule has 0 aliphatic carbocycles. The fraction of sp³-hybridized carbons (Fsp3) is 0.600. The van der Waals surface area contributed by atoms with Gasteiger partial charge in [-0.2, -0.15) is 0 Å². The number of nitrogens with zero attached hydrogens (tertiary/aromatic N) is 1. The van der Waals surface area contributed by atoms with Gasteiger partial charge in [-0.3, -0.25) is 0 Å². The Labute approximate surface area is 124 Å². The van der Waals surface area contributed by atoms with Crippen LogP contribution >= 0.6 is 27.5 Å². The highest BCUT2D eigenvalue weighted by Crippen LogP contribution is 2.35. The highest BCUT2D eigenvalue weighted by atomic mass is 79.9. The van der Waals surface area contributed by atoms with Crippen LogP contribution in [0.1, 0.15) is 32.8 Å². The van der Waals surface area contributed by atoms with Crippen LogP contribution in [0.4, 0.5) is 5.69 Å². The Balaban J connectivity index is 2.29. The molecule has 2 rings (SSSR count). The summed E-state index contributed by atoms with van der Waals surface area (Å²) in [5, 5.41) is 0. The normalized spacial score (nSPS) is 28.5. The smallest absolute Gasteiger partial charge is 0.0513 e. The first kappa shape index (κ1) is 14.2. The number of benzene rings is 1. The van der Waals surface area contributed by atoms with E-state index in [4.69, 9.17) is 11.6 Å². The number of hydrogen-bond acceptors (Lipinski definition) is 1. The summed E-state index contributed by atoms with van der Waals surface area (Å²) in [5.41, 5.74) is 2.47. The molecule has 100 valence electrons. The highest BCUT2D eigenvalue weighted by Gasteiger charge is 2.29. The van der Waals surface area contributed by atoms with E-state index in [-0.39, 0.29) is 0 Å². The number of halogens is 2. The SMILES string of the molecule is CC1CC(C)C(C)N(c2ccc(CCl)cc2Br)C1. The maximum Gasteiger partial charge on any atom is 0.0513 e. The Morgan fingerprint density at radius 3 is 2.67 bits per heavy atom. The summed E-state index contributed by atoms with van der Waals surface area (Å²) in [6.45, 7) is 8.17. The zero-order valence-electron chi connectivity index (χ0n) is 11.3. The molecule has 0 N–H and O–H groups in total. The monoisotopic (exact) mass is 329 g/mol. The minimum Gasteiger partial charge on any atom is -0.367 e. The van der Waals surface area contributed by atoms with Crippen molar-refractivity contribution in [1.29, 1.82) is 0 Å². The predicted molar refractivity (Wildman–Crippen MR) is 83.5 cm³/mol. The standard InChI is InChI=1S/C15H21BrClN/c1-10-6-11(2)12(3)18(9-10)15-5-4-13(8-17)7-14(15)16/h4-5,7,10-12H,6,8-9H2,1-3H3. The lowest BCUT2D eigenvalue weighted by atomic mass is 9.85. The van der Waals surface area contributed by atoms with Crippen molar-refractivity contribution in [1.82, 2.24) is 0 Å². The molecule has 18 heavy (non-hydrogen) atoms. The van der Waals surface area contributed by atoms with Crippen LogP contribution in [0.2, 0.25) is 0 Å². The van der Waals surface area contributed by atoms with E-state index >= 15 is 0 Å². The molecule has 1 heterocycles. The van der Waals surface area contributed by atoms with Gasteiger partial charge in [-0.15, -0.1) is 11.6 Å². The zero-order valence-corrected chi connectivity index (χ0v) is 13.6.